The lowest BCUT2D eigenvalue weighted by Gasteiger charge is -2.39. The van der Waals surface area contributed by atoms with Crippen LogP contribution in [0.4, 0.5) is 17.1 Å². The fourth-order valence-corrected chi connectivity index (χ4v) is 8.82. The molecule has 0 radical (unpaired) electrons. The van der Waals surface area contributed by atoms with E-state index in [2.05, 4.69) is 163 Å². The van der Waals surface area contributed by atoms with E-state index in [0.29, 0.717) is 0 Å². The van der Waals surface area contributed by atoms with E-state index in [1.807, 2.05) is 0 Å². The fourth-order valence-electron chi connectivity index (χ4n) is 8.82. The number of hydrogen-bond donors (Lipinski definition) is 0. The van der Waals surface area contributed by atoms with Gasteiger partial charge in [-0.3, -0.25) is 0 Å². The topological polar surface area (TPSA) is 3.24 Å². The predicted octanol–water partition coefficient (Wildman–Crippen LogP) is 15.2. The van der Waals surface area contributed by atoms with E-state index in [1.54, 1.807) is 11.1 Å². The molecule has 1 heteroatoms. The Morgan fingerprint density at radius 1 is 0.471 bits per heavy atom. The molecule has 266 valence electrons. The number of nitrogens with zero attached hydrogens (tertiary/aromatic N) is 1. The van der Waals surface area contributed by atoms with Crippen LogP contribution in [0.3, 0.4) is 0 Å². The molecule has 51 heavy (non-hydrogen) atoms. The van der Waals surface area contributed by atoms with Gasteiger partial charge < -0.3 is 4.90 Å². The largest absolute Gasteiger partial charge is 0.311 e. The summed E-state index contributed by atoms with van der Waals surface area (Å²) in [5.41, 5.74) is 16.2. The fraction of sp³-hybridized carbons (Fsp3) is 0.400. The van der Waals surface area contributed by atoms with Crippen molar-refractivity contribution in [3.8, 4) is 22.3 Å². The van der Waals surface area contributed by atoms with E-state index in [4.69, 9.17) is 0 Å². The summed E-state index contributed by atoms with van der Waals surface area (Å²) in [5, 5.41) is 0. The molecule has 1 nitrogen and oxygen atoms in total. The van der Waals surface area contributed by atoms with Crippen LogP contribution in [0.15, 0.2) is 109 Å². The van der Waals surface area contributed by atoms with Crippen LogP contribution in [0, 0.1) is 32.6 Å². The number of benzene rings is 5. The van der Waals surface area contributed by atoms with Crippen molar-refractivity contribution in [2.24, 2.45) is 11.8 Å². The highest BCUT2D eigenvalue weighted by atomic mass is 15.1. The molecule has 5 aromatic carbocycles. The second-order valence-electron chi connectivity index (χ2n) is 15.7. The molecule has 1 aliphatic carbocycles. The van der Waals surface area contributed by atoms with Crippen molar-refractivity contribution in [1.82, 2.24) is 0 Å². The first-order valence-corrected chi connectivity index (χ1v) is 20.1. The van der Waals surface area contributed by atoms with E-state index < -0.39 is 0 Å². The monoisotopic (exact) mass is 675 g/mol. The smallest absolute Gasteiger partial charge is 0.0462 e. The van der Waals surface area contributed by atoms with Crippen molar-refractivity contribution >= 4 is 17.1 Å². The van der Waals surface area contributed by atoms with Crippen molar-refractivity contribution in [2.75, 3.05) is 4.90 Å². The third-order valence-electron chi connectivity index (χ3n) is 11.9. The molecular weight excluding hydrogens is 615 g/mol. The molecule has 5 aromatic rings. The first-order valence-electron chi connectivity index (χ1n) is 20.1. The van der Waals surface area contributed by atoms with Crippen LogP contribution in [-0.2, 0) is 5.41 Å². The highest BCUT2D eigenvalue weighted by Crippen LogP contribution is 2.57. The van der Waals surface area contributed by atoms with E-state index in [9.17, 15) is 0 Å². The SMILES string of the molecule is CCCCC(CC)CC1(CC(CC)CCCC)c2cc(C)ccc2-c2ccc(-c3ccc(N(c4ccc(C)cc4)c4ccc(C)cc4)cc3)cc21. The number of fused-ring (bicyclic) bond motifs is 3. The summed E-state index contributed by atoms with van der Waals surface area (Å²) < 4.78 is 0. The lowest BCUT2D eigenvalue weighted by Crippen LogP contribution is -2.31. The van der Waals surface area contributed by atoms with Gasteiger partial charge in [0.15, 0.2) is 0 Å². The number of unbranched alkanes of at least 4 members (excludes halogenated alkanes) is 2. The molecule has 2 atom stereocenters. The third-order valence-corrected chi connectivity index (χ3v) is 11.9. The zero-order valence-corrected chi connectivity index (χ0v) is 32.6. The average molecular weight is 676 g/mol. The molecule has 0 saturated carbocycles. The molecule has 0 bridgehead atoms. The Balaban J connectivity index is 1.44. The van der Waals surface area contributed by atoms with Crippen molar-refractivity contribution in [3.63, 3.8) is 0 Å². The van der Waals surface area contributed by atoms with Gasteiger partial charge in [0.05, 0.1) is 0 Å². The Bertz CT molecular complexity index is 1800. The van der Waals surface area contributed by atoms with E-state index >= 15 is 0 Å². The average Bonchev–Trinajstić information content (AvgIpc) is 3.41. The standard InChI is InChI=1S/C50H61N/c1-8-12-14-39(10-3)34-50(35-40(11-4)15-13-9-2)48-32-38(7)20-30-46(48)47-31-23-42(33-49(47)50)41-21-28-45(29-22-41)51(43-24-16-36(5)17-25-43)44-26-18-37(6)19-27-44/h16-33,39-40H,8-15,34-35H2,1-7H3. The number of aryl methyl sites for hydroxylation is 3. The maximum atomic E-state index is 2.61. The summed E-state index contributed by atoms with van der Waals surface area (Å²) in [6, 6.07) is 41.8. The molecule has 0 saturated heterocycles. The zero-order chi connectivity index (χ0) is 36.0. The minimum Gasteiger partial charge on any atom is -0.311 e. The second kappa shape index (κ2) is 16.5. The number of anilines is 3. The number of rotatable bonds is 16. The van der Waals surface area contributed by atoms with Gasteiger partial charge in [-0.05, 0) is 121 Å². The summed E-state index contributed by atoms with van der Waals surface area (Å²) >= 11 is 0. The summed E-state index contributed by atoms with van der Waals surface area (Å²) in [6.07, 6.45) is 12.9. The Morgan fingerprint density at radius 3 is 1.35 bits per heavy atom. The molecule has 0 aromatic heterocycles. The van der Waals surface area contributed by atoms with Gasteiger partial charge in [-0.1, -0.05) is 162 Å². The molecule has 2 unspecified atom stereocenters. The Hall–Kier alpha value is -4.10. The second-order valence-corrected chi connectivity index (χ2v) is 15.7. The summed E-state index contributed by atoms with van der Waals surface area (Å²) in [5.74, 6) is 1.45. The van der Waals surface area contributed by atoms with Crippen LogP contribution >= 0.6 is 0 Å². The predicted molar refractivity (Wildman–Crippen MR) is 223 cm³/mol. The van der Waals surface area contributed by atoms with Crippen molar-refractivity contribution < 1.29 is 0 Å². The van der Waals surface area contributed by atoms with Gasteiger partial charge in [-0.15, -0.1) is 0 Å². The Labute approximate surface area is 310 Å². The highest BCUT2D eigenvalue weighted by Gasteiger charge is 2.45. The molecule has 0 fully saturated rings. The molecule has 0 N–H and O–H groups in total. The third kappa shape index (κ3) is 7.89. The molecule has 0 spiro atoms. The van der Waals surface area contributed by atoms with Gasteiger partial charge in [-0.2, -0.15) is 0 Å². The summed E-state index contributed by atoms with van der Waals surface area (Å²) in [7, 11) is 0. The molecule has 0 amide bonds. The lowest BCUT2D eigenvalue weighted by molar-refractivity contribution is 0.266. The van der Waals surface area contributed by atoms with Gasteiger partial charge in [0.25, 0.3) is 0 Å². The van der Waals surface area contributed by atoms with Crippen LogP contribution in [0.5, 0.6) is 0 Å². The summed E-state index contributed by atoms with van der Waals surface area (Å²) in [4.78, 5) is 2.37. The van der Waals surface area contributed by atoms with E-state index in [0.717, 1.165) is 11.8 Å². The molecule has 1 aliphatic rings. The summed E-state index contributed by atoms with van der Waals surface area (Å²) in [6.45, 7) is 16.2. The van der Waals surface area contributed by atoms with Crippen molar-refractivity contribution in [3.05, 3.63) is 137 Å². The van der Waals surface area contributed by atoms with Crippen LogP contribution in [0.25, 0.3) is 22.3 Å². The van der Waals surface area contributed by atoms with Crippen molar-refractivity contribution in [2.45, 2.75) is 118 Å². The molecular formula is C50H61N. The van der Waals surface area contributed by atoms with Gasteiger partial charge in [0.1, 0.15) is 0 Å². The van der Waals surface area contributed by atoms with Crippen molar-refractivity contribution in [1.29, 1.82) is 0 Å². The first kappa shape index (κ1) is 36.7. The Kier molecular flexibility index (Phi) is 11.9. The highest BCUT2D eigenvalue weighted by molar-refractivity contribution is 5.85. The molecule has 0 heterocycles. The Morgan fingerprint density at radius 2 is 0.882 bits per heavy atom. The van der Waals surface area contributed by atoms with Crippen LogP contribution in [0.1, 0.15) is 120 Å². The maximum Gasteiger partial charge on any atom is 0.0462 e. The van der Waals surface area contributed by atoms with Gasteiger partial charge in [0, 0.05) is 22.5 Å². The molecule has 6 rings (SSSR count). The van der Waals surface area contributed by atoms with Crippen LogP contribution in [0.2, 0.25) is 0 Å². The lowest BCUT2D eigenvalue weighted by atomic mass is 9.65. The van der Waals surface area contributed by atoms with Gasteiger partial charge in [0.2, 0.25) is 0 Å². The first-order chi connectivity index (χ1) is 24.8. The normalized spacial score (nSPS) is 16.1. The molecule has 0 aliphatic heterocycles. The van der Waals surface area contributed by atoms with E-state index in [1.165, 1.54) is 120 Å². The van der Waals surface area contributed by atoms with Crippen LogP contribution < -0.4 is 4.90 Å². The van der Waals surface area contributed by atoms with E-state index in [-0.39, 0.29) is 5.41 Å². The van der Waals surface area contributed by atoms with Gasteiger partial charge in [-0.25, -0.2) is 0 Å². The minimum absolute atomic E-state index is 0.0448. The maximum absolute atomic E-state index is 2.61. The number of hydrogen-bond acceptors (Lipinski definition) is 1. The van der Waals surface area contributed by atoms with Gasteiger partial charge >= 0.3 is 0 Å². The quantitative estimate of drug-likeness (QED) is 0.101. The zero-order valence-electron chi connectivity index (χ0n) is 32.6. The van der Waals surface area contributed by atoms with Crippen LogP contribution in [-0.4, -0.2) is 0 Å². The minimum atomic E-state index is 0.0448.